The molecule has 0 amide bonds. The molecule has 7 nitrogen and oxygen atoms in total. The second kappa shape index (κ2) is 5.87. The largest absolute Gasteiger partial charge is 0.465 e. The first-order valence-electron chi connectivity index (χ1n) is 4.75. The highest BCUT2D eigenvalue weighted by atomic mass is 35.5. The van der Waals surface area contributed by atoms with Crippen LogP contribution in [0.15, 0.2) is 28.2 Å². The van der Waals surface area contributed by atoms with Gasteiger partial charge in [-0.25, -0.2) is 9.79 Å². The van der Waals surface area contributed by atoms with E-state index in [-0.39, 0.29) is 23.2 Å². The number of carbonyl (C=O) groups excluding carboxylic acids is 1. The van der Waals surface area contributed by atoms with E-state index in [0.717, 1.165) is 0 Å². The molecule has 1 rings (SSSR count). The maximum absolute atomic E-state index is 11.3. The lowest BCUT2D eigenvalue weighted by Gasteiger charge is -2.03. The molecule has 0 unspecified atom stereocenters. The van der Waals surface area contributed by atoms with Crippen LogP contribution in [-0.4, -0.2) is 25.0 Å². The van der Waals surface area contributed by atoms with Gasteiger partial charge in [0.15, 0.2) is 5.96 Å². The number of nitrogens with zero attached hydrogens (tertiary/aromatic N) is 2. The van der Waals surface area contributed by atoms with Crippen LogP contribution in [0.5, 0.6) is 0 Å². The van der Waals surface area contributed by atoms with Crippen molar-refractivity contribution in [3.63, 3.8) is 0 Å². The van der Waals surface area contributed by atoms with Crippen LogP contribution in [0.1, 0.15) is 10.4 Å². The number of esters is 1. The quantitative estimate of drug-likeness (QED) is 0.405. The molecular weight excluding hydrogens is 258 g/mol. The van der Waals surface area contributed by atoms with Crippen LogP contribution in [0.4, 0.5) is 5.69 Å². The molecule has 0 aromatic heterocycles. The van der Waals surface area contributed by atoms with Gasteiger partial charge in [0.2, 0.25) is 5.96 Å². The molecule has 8 heteroatoms. The second-order valence-corrected chi connectivity index (χ2v) is 3.57. The first-order chi connectivity index (χ1) is 8.43. The maximum atomic E-state index is 11.3. The van der Waals surface area contributed by atoms with Crippen molar-refractivity contribution in [3.8, 4) is 0 Å². The Morgan fingerprint density at radius 2 is 2.00 bits per heavy atom. The number of halogens is 1. The Balaban J connectivity index is 3.16. The van der Waals surface area contributed by atoms with E-state index in [0.29, 0.717) is 5.02 Å². The fourth-order valence-corrected chi connectivity index (χ4v) is 1.28. The molecule has 1 aromatic carbocycles. The van der Waals surface area contributed by atoms with Crippen LogP contribution in [0.3, 0.4) is 0 Å². The summed E-state index contributed by atoms with van der Waals surface area (Å²) in [4.78, 5) is 18.7. The van der Waals surface area contributed by atoms with Gasteiger partial charge in [-0.3, -0.25) is 0 Å². The third kappa shape index (κ3) is 3.63. The Kier molecular flexibility index (Phi) is 4.50. The van der Waals surface area contributed by atoms with E-state index >= 15 is 0 Å². The van der Waals surface area contributed by atoms with Gasteiger partial charge >= 0.3 is 5.97 Å². The number of guanidine groups is 2. The SMILES string of the molecule is COC(=O)c1ccc(Cl)c(N=C(N)N=C(N)N)c1. The van der Waals surface area contributed by atoms with Crippen molar-refractivity contribution < 1.29 is 9.53 Å². The summed E-state index contributed by atoms with van der Waals surface area (Å²) in [5, 5.41) is 0.302. The molecule has 0 saturated carbocycles. The highest BCUT2D eigenvalue weighted by molar-refractivity contribution is 6.33. The second-order valence-electron chi connectivity index (χ2n) is 3.16. The van der Waals surface area contributed by atoms with Gasteiger partial charge in [0, 0.05) is 0 Å². The summed E-state index contributed by atoms with van der Waals surface area (Å²) >= 11 is 5.90. The minimum atomic E-state index is -0.511. The normalized spacial score (nSPS) is 10.9. The van der Waals surface area contributed by atoms with Crippen molar-refractivity contribution in [1.29, 1.82) is 0 Å². The lowest BCUT2D eigenvalue weighted by Crippen LogP contribution is -2.26. The summed E-state index contributed by atoms with van der Waals surface area (Å²) in [5.74, 6) is -0.904. The van der Waals surface area contributed by atoms with Crippen molar-refractivity contribution in [2.75, 3.05) is 7.11 Å². The van der Waals surface area contributed by atoms with Crippen LogP contribution in [0.2, 0.25) is 5.02 Å². The molecule has 0 saturated heterocycles. The molecule has 6 N–H and O–H groups in total. The maximum Gasteiger partial charge on any atom is 0.337 e. The molecule has 0 aliphatic carbocycles. The summed E-state index contributed by atoms with van der Waals surface area (Å²) in [6, 6.07) is 4.42. The fraction of sp³-hybridized carbons (Fsp3) is 0.100. The molecule has 0 heterocycles. The van der Waals surface area contributed by atoms with Gasteiger partial charge in [-0.05, 0) is 18.2 Å². The number of ether oxygens (including phenoxy) is 1. The number of nitrogens with two attached hydrogens (primary N) is 3. The van der Waals surface area contributed by atoms with E-state index in [1.165, 1.54) is 25.3 Å². The van der Waals surface area contributed by atoms with Crippen LogP contribution in [0.25, 0.3) is 0 Å². The van der Waals surface area contributed by atoms with Gasteiger partial charge in [0.05, 0.1) is 23.4 Å². The van der Waals surface area contributed by atoms with Gasteiger partial charge in [0.1, 0.15) is 0 Å². The van der Waals surface area contributed by atoms with Gasteiger partial charge in [-0.15, -0.1) is 0 Å². The Hall–Kier alpha value is -2.28. The van der Waals surface area contributed by atoms with Gasteiger partial charge in [0.25, 0.3) is 0 Å². The topological polar surface area (TPSA) is 129 Å². The number of aliphatic imine (C=N–C) groups is 2. The number of methoxy groups -OCH3 is 1. The lowest BCUT2D eigenvalue weighted by atomic mass is 10.2. The molecule has 0 bridgehead atoms. The van der Waals surface area contributed by atoms with Crippen LogP contribution < -0.4 is 17.2 Å². The summed E-state index contributed by atoms with van der Waals surface area (Å²) in [5.41, 5.74) is 16.3. The van der Waals surface area contributed by atoms with Crippen molar-refractivity contribution in [3.05, 3.63) is 28.8 Å². The predicted molar refractivity (Wildman–Crippen MR) is 69.9 cm³/mol. The van der Waals surface area contributed by atoms with Crippen LogP contribution in [0, 0.1) is 0 Å². The average molecular weight is 270 g/mol. The highest BCUT2D eigenvalue weighted by Crippen LogP contribution is 2.26. The van der Waals surface area contributed by atoms with Gasteiger partial charge < -0.3 is 21.9 Å². The Bertz CT molecular complexity index is 523. The highest BCUT2D eigenvalue weighted by Gasteiger charge is 2.08. The third-order valence-electron chi connectivity index (χ3n) is 1.85. The average Bonchev–Trinajstić information content (AvgIpc) is 2.30. The lowest BCUT2D eigenvalue weighted by molar-refractivity contribution is 0.0601. The van der Waals surface area contributed by atoms with E-state index in [1.807, 2.05) is 0 Å². The van der Waals surface area contributed by atoms with Crippen LogP contribution in [-0.2, 0) is 4.74 Å². The zero-order chi connectivity index (χ0) is 13.7. The summed E-state index contributed by atoms with van der Waals surface area (Å²) in [6.07, 6.45) is 0. The summed E-state index contributed by atoms with van der Waals surface area (Å²) in [6.45, 7) is 0. The summed E-state index contributed by atoms with van der Waals surface area (Å²) < 4.78 is 4.57. The molecule has 0 atom stereocenters. The van der Waals surface area contributed by atoms with Crippen molar-refractivity contribution in [2.45, 2.75) is 0 Å². The molecule has 0 radical (unpaired) electrons. The number of hydrogen-bond acceptors (Lipinski definition) is 3. The van der Waals surface area contributed by atoms with E-state index < -0.39 is 5.97 Å². The number of hydrogen-bond donors (Lipinski definition) is 3. The molecule has 0 fully saturated rings. The Morgan fingerprint density at radius 3 is 2.56 bits per heavy atom. The first kappa shape index (κ1) is 13.8. The predicted octanol–water partition coefficient (Wildman–Crippen LogP) is 0.346. The standard InChI is InChI=1S/C10H12ClN5O2/c1-18-8(17)5-2-3-6(11)7(4-5)15-10(14)16-9(12)13/h2-4H,1H3,(H6,12,13,14,15,16). The molecule has 18 heavy (non-hydrogen) atoms. The van der Waals surface area contributed by atoms with Gasteiger partial charge in [-0.1, -0.05) is 11.6 Å². The minimum Gasteiger partial charge on any atom is -0.465 e. The Labute approximate surface area is 108 Å². The van der Waals surface area contributed by atoms with E-state index in [2.05, 4.69) is 14.7 Å². The van der Waals surface area contributed by atoms with E-state index in [4.69, 9.17) is 28.8 Å². The van der Waals surface area contributed by atoms with Crippen molar-refractivity contribution in [2.24, 2.45) is 27.2 Å². The molecule has 1 aromatic rings. The number of rotatable bonds is 2. The van der Waals surface area contributed by atoms with Crippen molar-refractivity contribution in [1.82, 2.24) is 0 Å². The zero-order valence-corrected chi connectivity index (χ0v) is 10.3. The third-order valence-corrected chi connectivity index (χ3v) is 2.17. The van der Waals surface area contributed by atoms with Crippen LogP contribution >= 0.6 is 11.6 Å². The summed E-state index contributed by atoms with van der Waals surface area (Å²) in [7, 11) is 1.27. The monoisotopic (exact) mass is 269 g/mol. The molecule has 96 valence electrons. The zero-order valence-electron chi connectivity index (χ0n) is 9.55. The van der Waals surface area contributed by atoms with E-state index in [9.17, 15) is 4.79 Å². The number of benzene rings is 1. The minimum absolute atomic E-state index is 0.168. The smallest absolute Gasteiger partial charge is 0.337 e. The first-order valence-corrected chi connectivity index (χ1v) is 5.13. The molecule has 0 spiro atoms. The fourth-order valence-electron chi connectivity index (χ4n) is 1.12. The Morgan fingerprint density at radius 1 is 1.33 bits per heavy atom. The molecule has 0 aliphatic rings. The van der Waals surface area contributed by atoms with Gasteiger partial charge in [-0.2, -0.15) is 4.99 Å². The molecule has 0 aliphatic heterocycles. The molecular formula is C10H12ClN5O2. The van der Waals surface area contributed by atoms with Crippen molar-refractivity contribution >= 4 is 35.2 Å². The number of carbonyl (C=O) groups is 1. The van der Waals surface area contributed by atoms with E-state index in [1.54, 1.807) is 0 Å².